The zero-order valence-electron chi connectivity index (χ0n) is 40.1. The topological polar surface area (TPSA) is 9.72 Å². The van der Waals surface area contributed by atoms with Crippen LogP contribution in [0, 0.1) is 29.6 Å². The monoisotopic (exact) mass is 852 g/mol. The maximum Gasteiger partial charge on any atom is 0.264 e. The zero-order valence-corrected chi connectivity index (χ0v) is 40.9. The summed E-state index contributed by atoms with van der Waals surface area (Å²) in [4.78, 5) is 8.33. The fourth-order valence-electron chi connectivity index (χ4n) is 16.6. The van der Waals surface area contributed by atoms with Gasteiger partial charge in [0.25, 0.3) is 6.71 Å². The number of nitrogens with zero attached hydrogens (tertiary/aromatic N) is 3. The van der Waals surface area contributed by atoms with E-state index in [0.29, 0.717) is 5.92 Å². The van der Waals surface area contributed by atoms with Gasteiger partial charge in [-0.3, -0.25) is 0 Å². The average molecular weight is 852 g/mol. The van der Waals surface area contributed by atoms with Crippen molar-refractivity contribution in [2.45, 2.75) is 160 Å². The Labute approximate surface area is 383 Å². The number of hydrogen-bond acceptors (Lipinski definition) is 4. The Balaban J connectivity index is 1.16. The second kappa shape index (κ2) is 12.8. The lowest BCUT2D eigenvalue weighted by atomic mass is 9.35. The third-order valence-electron chi connectivity index (χ3n) is 19.6. The molecule has 0 saturated heterocycles. The van der Waals surface area contributed by atoms with Gasteiger partial charge >= 0.3 is 0 Å². The molecule has 14 rings (SSSR count). The SMILES string of the molecule is CN(C)c1cc2c3c(c1)C1(C)CCC4CCCCC4C1(C)N3c1cc(C34CC5CC(CC(C5)C3)C4)cc3c1B2c1sc2ccc(C(C)(C)C)cc2c1N3c1ccc(C(C)(C)C)cc1. The van der Waals surface area contributed by atoms with Crippen LogP contribution in [0.4, 0.5) is 34.1 Å². The highest BCUT2D eigenvalue weighted by molar-refractivity contribution is 7.33. The van der Waals surface area contributed by atoms with Crippen LogP contribution in [0.1, 0.15) is 155 Å². The van der Waals surface area contributed by atoms with Crippen molar-refractivity contribution in [3.05, 3.63) is 89.0 Å². The van der Waals surface area contributed by atoms with Crippen molar-refractivity contribution in [1.29, 1.82) is 0 Å². The summed E-state index contributed by atoms with van der Waals surface area (Å²) >= 11 is 2.09. The van der Waals surface area contributed by atoms with E-state index in [-0.39, 0.29) is 33.9 Å². The standard InChI is InChI=1S/C58H70BN3S/c1-54(2,3)38-15-18-41(19-16-38)61-47-27-40(58-31-34-23-35(32-58)25-36(24-34)33-58)28-48-50(47)59(53-51(61)43-26-39(55(4,5)6)17-20-49(43)63-53)46-30-42(60(9)10)29-45-52(46)62(48)57(8)44-14-12-11-13-37(44)21-22-56(45,57)7/h15-20,26-30,34-37,44H,11-14,21-25,31-33H2,1-10H3. The van der Waals surface area contributed by atoms with E-state index in [1.165, 1.54) is 126 Å². The highest BCUT2D eigenvalue weighted by Gasteiger charge is 2.67. The molecule has 0 amide bonds. The van der Waals surface area contributed by atoms with Crippen LogP contribution in [-0.2, 0) is 21.7 Å². The van der Waals surface area contributed by atoms with Gasteiger partial charge in [0.15, 0.2) is 0 Å². The molecule has 4 heterocycles. The molecule has 4 unspecified atom stereocenters. The summed E-state index contributed by atoms with van der Waals surface area (Å²) in [6.07, 6.45) is 16.8. The predicted molar refractivity (Wildman–Crippen MR) is 272 cm³/mol. The first-order valence-corrected chi connectivity index (χ1v) is 26.1. The molecule has 6 saturated carbocycles. The maximum absolute atomic E-state index is 3.11. The third-order valence-corrected chi connectivity index (χ3v) is 20.8. The molecule has 3 nitrogen and oxygen atoms in total. The number of hydrogen-bond donors (Lipinski definition) is 0. The van der Waals surface area contributed by atoms with Crippen LogP contribution >= 0.6 is 11.3 Å². The Morgan fingerprint density at radius 1 is 0.714 bits per heavy atom. The van der Waals surface area contributed by atoms with Gasteiger partial charge in [0, 0.05) is 62.8 Å². The molecule has 5 heteroatoms. The van der Waals surface area contributed by atoms with Gasteiger partial charge in [-0.25, -0.2) is 0 Å². The fourth-order valence-corrected chi connectivity index (χ4v) is 17.9. The van der Waals surface area contributed by atoms with Crippen LogP contribution in [0.3, 0.4) is 0 Å². The molecular formula is C58H70BN3S. The fraction of sp³-hybridized carbons (Fsp3) is 0.552. The molecule has 0 radical (unpaired) electrons. The molecule has 0 N–H and O–H groups in total. The lowest BCUT2D eigenvalue weighted by Crippen LogP contribution is -2.67. The Kier molecular flexibility index (Phi) is 8.06. The quantitative estimate of drug-likeness (QED) is 0.164. The van der Waals surface area contributed by atoms with E-state index in [4.69, 9.17) is 0 Å². The lowest BCUT2D eigenvalue weighted by molar-refractivity contribution is -0.00518. The molecule has 6 aliphatic carbocycles. The number of anilines is 6. The highest BCUT2D eigenvalue weighted by atomic mass is 32.1. The van der Waals surface area contributed by atoms with E-state index in [9.17, 15) is 0 Å². The largest absolute Gasteiger partial charge is 0.378 e. The Morgan fingerprint density at radius 3 is 2.03 bits per heavy atom. The predicted octanol–water partition coefficient (Wildman–Crippen LogP) is 13.4. The van der Waals surface area contributed by atoms with Gasteiger partial charge in [-0.15, -0.1) is 11.3 Å². The van der Waals surface area contributed by atoms with Crippen molar-refractivity contribution < 1.29 is 0 Å². The summed E-state index contributed by atoms with van der Waals surface area (Å²) in [7, 11) is 4.56. The van der Waals surface area contributed by atoms with E-state index in [1.807, 2.05) is 0 Å². The van der Waals surface area contributed by atoms with Crippen LogP contribution in [-0.4, -0.2) is 26.3 Å². The van der Waals surface area contributed by atoms with E-state index in [0.717, 1.165) is 23.7 Å². The van der Waals surface area contributed by atoms with Gasteiger partial charge in [-0.1, -0.05) is 85.9 Å². The molecule has 4 bridgehead atoms. The van der Waals surface area contributed by atoms with Crippen LogP contribution < -0.4 is 30.4 Å². The number of rotatable bonds is 3. The number of benzene rings is 4. The van der Waals surface area contributed by atoms with Gasteiger partial charge in [-0.05, 0) is 192 Å². The van der Waals surface area contributed by atoms with E-state index >= 15 is 0 Å². The molecule has 63 heavy (non-hydrogen) atoms. The third kappa shape index (κ3) is 5.21. The van der Waals surface area contributed by atoms with Gasteiger partial charge in [0.05, 0.1) is 11.2 Å². The lowest BCUT2D eigenvalue weighted by Gasteiger charge is -2.60. The molecule has 0 spiro atoms. The first-order chi connectivity index (χ1) is 30.0. The summed E-state index contributed by atoms with van der Waals surface area (Å²) in [5.74, 6) is 4.18. The molecule has 4 atom stereocenters. The molecule has 9 aliphatic rings. The molecule has 6 fully saturated rings. The van der Waals surface area contributed by atoms with Crippen molar-refractivity contribution in [1.82, 2.24) is 0 Å². The van der Waals surface area contributed by atoms with Gasteiger partial charge in [-0.2, -0.15) is 0 Å². The summed E-state index contributed by atoms with van der Waals surface area (Å²) in [6, 6.07) is 28.3. The van der Waals surface area contributed by atoms with Crippen molar-refractivity contribution >= 4 is 78.0 Å². The molecule has 326 valence electrons. The molecule has 1 aromatic heterocycles. The van der Waals surface area contributed by atoms with Crippen LogP contribution in [0.15, 0.2) is 66.7 Å². The Bertz CT molecular complexity index is 2710. The van der Waals surface area contributed by atoms with Crippen molar-refractivity contribution in [2.75, 3.05) is 28.8 Å². The zero-order chi connectivity index (χ0) is 43.3. The van der Waals surface area contributed by atoms with Crippen LogP contribution in [0.5, 0.6) is 0 Å². The summed E-state index contributed by atoms with van der Waals surface area (Å²) in [6.45, 7) is 19.9. The van der Waals surface area contributed by atoms with E-state index in [2.05, 4.69) is 162 Å². The second-order valence-electron chi connectivity index (χ2n) is 25.3. The Hall–Kier alpha value is -3.70. The van der Waals surface area contributed by atoms with Gasteiger partial charge in [0.2, 0.25) is 0 Å². The first kappa shape index (κ1) is 39.7. The molecule has 3 aliphatic heterocycles. The minimum Gasteiger partial charge on any atom is -0.378 e. The molecular weight excluding hydrogens is 782 g/mol. The summed E-state index contributed by atoms with van der Waals surface area (Å²) in [5.41, 5.74) is 18.5. The molecule has 5 aromatic rings. The summed E-state index contributed by atoms with van der Waals surface area (Å²) in [5, 5.41) is 1.43. The average Bonchev–Trinajstić information content (AvgIpc) is 3.71. The summed E-state index contributed by atoms with van der Waals surface area (Å²) < 4.78 is 2.95. The van der Waals surface area contributed by atoms with E-state index < -0.39 is 0 Å². The second-order valence-corrected chi connectivity index (χ2v) is 26.4. The number of thiophene rings is 1. The smallest absolute Gasteiger partial charge is 0.264 e. The van der Waals surface area contributed by atoms with Crippen molar-refractivity contribution in [2.24, 2.45) is 29.6 Å². The van der Waals surface area contributed by atoms with Crippen molar-refractivity contribution in [3.63, 3.8) is 0 Å². The first-order valence-electron chi connectivity index (χ1n) is 25.3. The minimum absolute atomic E-state index is 0.00156. The number of fused-ring (bicyclic) bond motifs is 11. The maximum atomic E-state index is 3.11. The molecule has 4 aromatic carbocycles. The van der Waals surface area contributed by atoms with Crippen LogP contribution in [0.25, 0.3) is 10.1 Å². The minimum atomic E-state index is -0.00156. The van der Waals surface area contributed by atoms with Gasteiger partial charge in [0.1, 0.15) is 0 Å². The normalized spacial score (nSPS) is 32.1. The Morgan fingerprint density at radius 2 is 1.37 bits per heavy atom. The van der Waals surface area contributed by atoms with Crippen molar-refractivity contribution in [3.8, 4) is 0 Å². The van der Waals surface area contributed by atoms with Crippen LogP contribution in [0.2, 0.25) is 0 Å². The van der Waals surface area contributed by atoms with E-state index in [1.54, 1.807) is 33.4 Å². The highest BCUT2D eigenvalue weighted by Crippen LogP contribution is 2.68. The van der Waals surface area contributed by atoms with Gasteiger partial charge < -0.3 is 14.7 Å².